The molecule has 0 radical (unpaired) electrons. The molecule has 96 valence electrons. The number of nitrogens with two attached hydrogens (primary N) is 1. The molecule has 0 amide bonds. The Hall–Kier alpha value is -0.630. The van der Waals surface area contributed by atoms with Crippen molar-refractivity contribution in [1.82, 2.24) is 4.72 Å². The summed E-state index contributed by atoms with van der Waals surface area (Å²) in [6.07, 6.45) is 1.84. The fourth-order valence-corrected chi connectivity index (χ4v) is 3.92. The molecule has 1 aliphatic rings. The Balaban J connectivity index is 1.85. The molecule has 1 aromatic rings. The molecule has 0 bridgehead atoms. The monoisotopic (exact) mass is 276 g/mol. The molecule has 2 heterocycles. The van der Waals surface area contributed by atoms with Crippen molar-refractivity contribution in [3.05, 3.63) is 11.4 Å². The molecule has 2 rings (SSSR count). The average molecular weight is 276 g/mol. The third-order valence-electron chi connectivity index (χ3n) is 2.73. The second-order valence-corrected chi connectivity index (χ2v) is 7.02. The Kier molecular flexibility index (Phi) is 4.03. The largest absolute Gasteiger partial charge is 0.398 e. The molecule has 1 aromatic heterocycles. The van der Waals surface area contributed by atoms with E-state index >= 15 is 0 Å². The van der Waals surface area contributed by atoms with Crippen molar-refractivity contribution >= 4 is 27.0 Å². The van der Waals surface area contributed by atoms with E-state index in [0.29, 0.717) is 18.2 Å². The zero-order valence-corrected chi connectivity index (χ0v) is 11.0. The first-order chi connectivity index (χ1) is 8.08. The number of nitrogens with one attached hydrogen (secondary N) is 1. The van der Waals surface area contributed by atoms with Gasteiger partial charge in [-0.15, -0.1) is 11.3 Å². The summed E-state index contributed by atoms with van der Waals surface area (Å²) in [5.74, 6) is 0.478. The van der Waals surface area contributed by atoms with Crippen LogP contribution in [0.4, 0.5) is 5.69 Å². The van der Waals surface area contributed by atoms with E-state index in [1.807, 2.05) is 0 Å². The maximum absolute atomic E-state index is 11.8. The molecule has 5 nitrogen and oxygen atoms in total. The van der Waals surface area contributed by atoms with Crippen LogP contribution in [0, 0.1) is 5.92 Å². The maximum Gasteiger partial charge on any atom is 0.250 e. The van der Waals surface area contributed by atoms with E-state index in [4.69, 9.17) is 10.5 Å². The summed E-state index contributed by atoms with van der Waals surface area (Å²) in [5, 5.41) is 1.62. The SMILES string of the molecule is Nc1csc(S(=O)(=O)NCCC2CCOC2)c1. The average Bonchev–Trinajstić information content (AvgIpc) is 2.89. The first-order valence-corrected chi connectivity index (χ1v) is 7.85. The normalized spacial score (nSPS) is 20.8. The van der Waals surface area contributed by atoms with Gasteiger partial charge in [-0.1, -0.05) is 0 Å². The number of nitrogen functional groups attached to an aromatic ring is 1. The smallest absolute Gasteiger partial charge is 0.250 e. The fourth-order valence-electron chi connectivity index (χ4n) is 1.75. The number of sulfonamides is 1. The summed E-state index contributed by atoms with van der Waals surface area (Å²) in [6, 6.07) is 1.48. The van der Waals surface area contributed by atoms with Crippen LogP contribution in [0.25, 0.3) is 0 Å². The molecule has 1 fully saturated rings. The second-order valence-electron chi connectivity index (χ2n) is 4.12. The molecule has 0 spiro atoms. The molecule has 1 atom stereocenters. The highest BCUT2D eigenvalue weighted by Crippen LogP contribution is 2.21. The van der Waals surface area contributed by atoms with Gasteiger partial charge in [0.15, 0.2) is 0 Å². The van der Waals surface area contributed by atoms with E-state index in [2.05, 4.69) is 4.72 Å². The van der Waals surface area contributed by atoms with Gasteiger partial charge in [0.2, 0.25) is 10.0 Å². The Morgan fingerprint density at radius 2 is 2.41 bits per heavy atom. The van der Waals surface area contributed by atoms with Crippen LogP contribution in [0.1, 0.15) is 12.8 Å². The molecule has 17 heavy (non-hydrogen) atoms. The van der Waals surface area contributed by atoms with Crippen molar-refractivity contribution in [2.75, 3.05) is 25.5 Å². The maximum atomic E-state index is 11.8. The van der Waals surface area contributed by atoms with Crippen LogP contribution in [-0.4, -0.2) is 28.2 Å². The minimum absolute atomic E-state index is 0.276. The number of anilines is 1. The van der Waals surface area contributed by atoms with Crippen LogP contribution in [0.3, 0.4) is 0 Å². The predicted molar refractivity (Wildman–Crippen MR) is 67.5 cm³/mol. The summed E-state index contributed by atoms with van der Waals surface area (Å²) in [6.45, 7) is 1.99. The summed E-state index contributed by atoms with van der Waals surface area (Å²) >= 11 is 1.14. The molecule has 3 N–H and O–H groups in total. The number of hydrogen-bond acceptors (Lipinski definition) is 5. The third-order valence-corrected chi connectivity index (χ3v) is 5.65. The Morgan fingerprint density at radius 1 is 1.59 bits per heavy atom. The van der Waals surface area contributed by atoms with Crippen molar-refractivity contribution in [2.45, 2.75) is 17.1 Å². The van der Waals surface area contributed by atoms with Crippen LogP contribution in [0.2, 0.25) is 0 Å². The van der Waals surface area contributed by atoms with Gasteiger partial charge in [-0.2, -0.15) is 0 Å². The van der Waals surface area contributed by atoms with Crippen molar-refractivity contribution in [3.63, 3.8) is 0 Å². The van der Waals surface area contributed by atoms with Crippen LogP contribution in [-0.2, 0) is 14.8 Å². The minimum atomic E-state index is -3.38. The van der Waals surface area contributed by atoms with Crippen molar-refractivity contribution in [3.8, 4) is 0 Å². The first kappa shape index (κ1) is 12.8. The lowest BCUT2D eigenvalue weighted by Crippen LogP contribution is -2.25. The van der Waals surface area contributed by atoms with Gasteiger partial charge in [-0.3, -0.25) is 0 Å². The van der Waals surface area contributed by atoms with Gasteiger partial charge in [0.05, 0.1) is 0 Å². The molecular weight excluding hydrogens is 260 g/mol. The standard InChI is InChI=1S/C10H16N2O3S2/c11-9-5-10(16-7-9)17(13,14)12-3-1-8-2-4-15-6-8/h5,7-8,12H,1-4,6,11H2. The molecule has 7 heteroatoms. The molecular formula is C10H16N2O3S2. The number of rotatable bonds is 5. The van der Waals surface area contributed by atoms with Gasteiger partial charge in [-0.25, -0.2) is 13.1 Å². The van der Waals surface area contributed by atoms with E-state index in [-0.39, 0.29) is 4.21 Å². The zero-order valence-electron chi connectivity index (χ0n) is 9.39. The lowest BCUT2D eigenvalue weighted by molar-refractivity contribution is 0.184. The number of hydrogen-bond donors (Lipinski definition) is 2. The van der Waals surface area contributed by atoms with Gasteiger partial charge < -0.3 is 10.5 Å². The summed E-state index contributed by atoms with van der Waals surface area (Å²) < 4.78 is 31.8. The van der Waals surface area contributed by atoms with Gasteiger partial charge in [0.1, 0.15) is 4.21 Å². The highest BCUT2D eigenvalue weighted by Gasteiger charge is 2.19. The summed E-state index contributed by atoms with van der Waals surface area (Å²) in [7, 11) is -3.38. The topological polar surface area (TPSA) is 81.4 Å². The van der Waals surface area contributed by atoms with Crippen molar-refractivity contribution in [1.29, 1.82) is 0 Å². The van der Waals surface area contributed by atoms with Gasteiger partial charge in [0, 0.05) is 30.8 Å². The number of ether oxygens (including phenoxy) is 1. The second kappa shape index (κ2) is 5.34. The minimum Gasteiger partial charge on any atom is -0.398 e. The highest BCUT2D eigenvalue weighted by atomic mass is 32.2. The quantitative estimate of drug-likeness (QED) is 0.842. The molecule has 0 aromatic carbocycles. The van der Waals surface area contributed by atoms with Crippen LogP contribution in [0.15, 0.2) is 15.7 Å². The highest BCUT2D eigenvalue weighted by molar-refractivity contribution is 7.91. The molecule has 1 unspecified atom stereocenters. The summed E-state index contributed by atoms with van der Waals surface area (Å²) in [5.41, 5.74) is 5.99. The lowest BCUT2D eigenvalue weighted by atomic mass is 10.1. The van der Waals surface area contributed by atoms with E-state index in [1.54, 1.807) is 5.38 Å². The Bertz CT molecular complexity index is 464. The molecule has 0 saturated carbocycles. The van der Waals surface area contributed by atoms with E-state index in [1.165, 1.54) is 6.07 Å². The zero-order chi connectivity index (χ0) is 12.3. The van der Waals surface area contributed by atoms with Crippen molar-refractivity contribution in [2.24, 2.45) is 5.92 Å². The number of thiophene rings is 1. The third kappa shape index (κ3) is 3.41. The van der Waals surface area contributed by atoms with Gasteiger partial charge in [-0.05, 0) is 24.8 Å². The van der Waals surface area contributed by atoms with Gasteiger partial charge >= 0.3 is 0 Å². The van der Waals surface area contributed by atoms with E-state index in [9.17, 15) is 8.42 Å². The lowest BCUT2D eigenvalue weighted by Gasteiger charge is -2.08. The van der Waals surface area contributed by atoms with E-state index in [0.717, 1.165) is 37.4 Å². The molecule has 0 aliphatic carbocycles. The van der Waals surface area contributed by atoms with Crippen LogP contribution < -0.4 is 10.5 Å². The summed E-state index contributed by atoms with van der Waals surface area (Å²) in [4.78, 5) is 0. The van der Waals surface area contributed by atoms with Crippen molar-refractivity contribution < 1.29 is 13.2 Å². The molecule has 1 aliphatic heterocycles. The van der Waals surface area contributed by atoms with E-state index < -0.39 is 10.0 Å². The fraction of sp³-hybridized carbons (Fsp3) is 0.600. The van der Waals surface area contributed by atoms with Gasteiger partial charge in [0.25, 0.3) is 0 Å². The van der Waals surface area contributed by atoms with Crippen LogP contribution >= 0.6 is 11.3 Å². The Labute approximate surface area is 105 Å². The predicted octanol–water partition coefficient (Wildman–Crippen LogP) is 1.04. The first-order valence-electron chi connectivity index (χ1n) is 5.49. The Morgan fingerprint density at radius 3 is 3.00 bits per heavy atom. The van der Waals surface area contributed by atoms with Crippen LogP contribution in [0.5, 0.6) is 0 Å². The molecule has 1 saturated heterocycles.